The van der Waals surface area contributed by atoms with Gasteiger partial charge in [0.25, 0.3) is 0 Å². The van der Waals surface area contributed by atoms with Crippen LogP contribution in [0.2, 0.25) is 5.32 Å². The molecule has 0 aliphatic heterocycles. The Morgan fingerprint density at radius 1 is 1.08 bits per heavy atom. The minimum atomic E-state index is -3.63. The van der Waals surface area contributed by atoms with Gasteiger partial charge in [0.2, 0.25) is 0 Å². The summed E-state index contributed by atoms with van der Waals surface area (Å²) in [4.78, 5) is 0.274. The number of nitrogens with zero attached hydrogens (tertiary/aromatic N) is 1. The Labute approximate surface area is 159 Å². The average Bonchev–Trinajstić information content (AvgIpc) is 3.17. The van der Waals surface area contributed by atoms with Crippen LogP contribution in [0.5, 0.6) is 0 Å². The summed E-state index contributed by atoms with van der Waals surface area (Å²) in [7, 11) is -3.63. The number of benzene rings is 2. The average molecular weight is 430 g/mol. The van der Waals surface area contributed by atoms with E-state index >= 15 is 0 Å². The predicted molar refractivity (Wildman–Crippen MR) is 109 cm³/mol. The fourth-order valence-electron chi connectivity index (χ4n) is 2.50. The molecule has 3 nitrogen and oxygen atoms in total. The topological polar surface area (TPSA) is 46.5 Å². The van der Waals surface area contributed by atoms with Crippen LogP contribution >= 0.6 is 0 Å². The van der Waals surface area contributed by atoms with Crippen LogP contribution in [0.15, 0.2) is 91.6 Å². The molecule has 1 aliphatic carbocycles. The van der Waals surface area contributed by atoms with Crippen molar-refractivity contribution in [3.8, 4) is 0 Å². The molecule has 3 rings (SSSR count). The van der Waals surface area contributed by atoms with Crippen LogP contribution < -0.4 is 0 Å². The van der Waals surface area contributed by atoms with Gasteiger partial charge in [-0.15, -0.1) is 0 Å². The molecular weight excluding hydrogens is 409 g/mol. The zero-order chi connectivity index (χ0) is 18.4. The monoisotopic (exact) mass is 431 g/mol. The van der Waals surface area contributed by atoms with Crippen molar-refractivity contribution in [3.05, 3.63) is 94.5 Å². The van der Waals surface area contributed by atoms with Crippen molar-refractivity contribution in [2.45, 2.75) is 23.6 Å². The first-order chi connectivity index (χ1) is 12.5. The molecule has 1 unspecified atom stereocenters. The number of aryl methyl sites for hydroxylation is 1. The molecule has 2 aromatic rings. The third kappa shape index (κ3) is 4.98. The molecule has 2 aromatic carbocycles. The van der Waals surface area contributed by atoms with E-state index in [4.69, 9.17) is 0 Å². The van der Waals surface area contributed by atoms with Crippen LogP contribution in [-0.4, -0.2) is 22.1 Å². The van der Waals surface area contributed by atoms with Gasteiger partial charge in [0, 0.05) is 0 Å². The first-order valence-electron chi connectivity index (χ1n) is 8.37. The SMILES string of the molecule is Cc1ccc(S(=O)(=O)/N=[Se](\C/C=C/c2ccccc2)C2=CC=CC2)cc1. The molecule has 1 atom stereocenters. The van der Waals surface area contributed by atoms with Crippen LogP contribution in [0.4, 0.5) is 0 Å². The van der Waals surface area contributed by atoms with Crippen molar-refractivity contribution < 1.29 is 8.42 Å². The zero-order valence-corrected chi connectivity index (χ0v) is 17.1. The Balaban J connectivity index is 1.87. The van der Waals surface area contributed by atoms with Gasteiger partial charge in [-0.25, -0.2) is 0 Å². The van der Waals surface area contributed by atoms with Gasteiger partial charge in [-0.1, -0.05) is 0 Å². The van der Waals surface area contributed by atoms with Gasteiger partial charge in [0.1, 0.15) is 0 Å². The van der Waals surface area contributed by atoms with Crippen molar-refractivity contribution >= 4 is 29.8 Å². The summed E-state index contributed by atoms with van der Waals surface area (Å²) < 4.78 is 31.0. The van der Waals surface area contributed by atoms with Gasteiger partial charge in [-0.2, -0.15) is 0 Å². The molecule has 0 saturated heterocycles. The Kier molecular flexibility index (Phi) is 6.15. The summed E-state index contributed by atoms with van der Waals surface area (Å²) in [6.07, 6.45) is 11.0. The Morgan fingerprint density at radius 3 is 2.46 bits per heavy atom. The van der Waals surface area contributed by atoms with Crippen LogP contribution in [0, 0.1) is 6.92 Å². The van der Waals surface area contributed by atoms with Crippen LogP contribution in [0.3, 0.4) is 0 Å². The molecule has 0 heterocycles. The molecule has 0 radical (unpaired) electrons. The van der Waals surface area contributed by atoms with E-state index in [0.717, 1.165) is 22.0 Å². The van der Waals surface area contributed by atoms with Crippen molar-refractivity contribution in [3.63, 3.8) is 0 Å². The minimum absolute atomic E-state index is 0.274. The van der Waals surface area contributed by atoms with Crippen molar-refractivity contribution in [2.24, 2.45) is 3.37 Å². The van der Waals surface area contributed by atoms with E-state index in [1.165, 1.54) is 0 Å². The van der Waals surface area contributed by atoms with Gasteiger partial charge in [0.05, 0.1) is 0 Å². The second-order valence-electron chi connectivity index (χ2n) is 5.97. The summed E-state index contributed by atoms with van der Waals surface area (Å²) in [5, 5.41) is 0.674. The van der Waals surface area contributed by atoms with Gasteiger partial charge in [-0.05, 0) is 0 Å². The first kappa shape index (κ1) is 18.7. The predicted octanol–water partition coefficient (Wildman–Crippen LogP) is 5.08. The number of sulfonamides is 1. The molecule has 134 valence electrons. The molecule has 1 aliphatic rings. The number of hydrogen-bond acceptors (Lipinski definition) is 2. The Bertz CT molecular complexity index is 986. The molecule has 0 amide bonds. The van der Waals surface area contributed by atoms with E-state index in [9.17, 15) is 8.42 Å². The summed E-state index contributed by atoms with van der Waals surface area (Å²) in [6, 6.07) is 16.9. The zero-order valence-electron chi connectivity index (χ0n) is 14.6. The van der Waals surface area contributed by atoms with Gasteiger partial charge in [-0.3, -0.25) is 0 Å². The van der Waals surface area contributed by atoms with E-state index in [-0.39, 0.29) is 4.90 Å². The van der Waals surface area contributed by atoms with E-state index in [1.54, 1.807) is 12.1 Å². The molecule has 0 saturated carbocycles. The summed E-state index contributed by atoms with van der Waals surface area (Å²) >= 11 is -1.82. The van der Waals surface area contributed by atoms with Gasteiger partial charge in [0.15, 0.2) is 0 Å². The molecule has 26 heavy (non-hydrogen) atoms. The number of rotatable bonds is 6. The van der Waals surface area contributed by atoms with Gasteiger partial charge >= 0.3 is 160 Å². The second-order valence-corrected chi connectivity index (χ2v) is 11.8. The number of hydrogen-bond donors (Lipinski definition) is 0. The molecular formula is C21H21NO2SSe. The number of allylic oxidation sites excluding steroid dienone is 5. The molecule has 0 spiro atoms. The Hall–Kier alpha value is -2.07. The van der Waals surface area contributed by atoms with Crippen molar-refractivity contribution in [1.29, 1.82) is 0 Å². The van der Waals surface area contributed by atoms with Crippen molar-refractivity contribution in [1.82, 2.24) is 0 Å². The van der Waals surface area contributed by atoms with E-state index in [1.807, 2.05) is 73.7 Å². The van der Waals surface area contributed by atoms with Crippen LogP contribution in [0.25, 0.3) is 6.08 Å². The maximum absolute atomic E-state index is 12.7. The molecule has 0 aromatic heterocycles. The van der Waals surface area contributed by atoms with Crippen LogP contribution in [0.1, 0.15) is 17.5 Å². The van der Waals surface area contributed by atoms with E-state index < -0.39 is 23.7 Å². The summed E-state index contributed by atoms with van der Waals surface area (Å²) in [5.74, 6) is 0. The normalized spacial score (nSPS) is 15.5. The van der Waals surface area contributed by atoms with Crippen LogP contribution in [-0.2, 0) is 10.0 Å². The summed E-state index contributed by atoms with van der Waals surface area (Å²) in [6.45, 7) is 1.94. The molecule has 5 heteroatoms. The fraction of sp³-hybridized carbons (Fsp3) is 0.143. The fourth-order valence-corrected chi connectivity index (χ4v) is 8.61. The van der Waals surface area contributed by atoms with E-state index in [0.29, 0.717) is 5.32 Å². The molecule has 0 bridgehead atoms. The third-order valence-electron chi connectivity index (χ3n) is 3.91. The van der Waals surface area contributed by atoms with Crippen molar-refractivity contribution in [2.75, 3.05) is 0 Å². The Morgan fingerprint density at radius 2 is 1.81 bits per heavy atom. The summed E-state index contributed by atoms with van der Waals surface area (Å²) in [5.41, 5.74) is 2.14. The molecule has 0 N–H and O–H groups in total. The second kappa shape index (κ2) is 8.54. The standard InChI is InChI=1S/C21H21NO2SSe/c1-18-13-15-20(16-14-18)25(23,24)22-26(21-11-5-6-12-21)17-7-10-19-8-3-2-4-9-19/h2-11,13-16H,12,17H2,1H3/b10-7+. The van der Waals surface area contributed by atoms with E-state index in [2.05, 4.69) is 9.44 Å². The first-order valence-corrected chi connectivity index (χ1v) is 12.6. The third-order valence-corrected chi connectivity index (χ3v) is 10.5. The molecule has 0 fully saturated rings. The maximum atomic E-state index is 12.7. The quantitative estimate of drug-likeness (QED) is 0.600. The van der Waals surface area contributed by atoms with Gasteiger partial charge < -0.3 is 0 Å².